The van der Waals surface area contributed by atoms with Crippen LogP contribution in [0.15, 0.2) is 24.4 Å². The molecule has 17 heavy (non-hydrogen) atoms. The predicted molar refractivity (Wildman–Crippen MR) is 71.3 cm³/mol. The highest BCUT2D eigenvalue weighted by molar-refractivity contribution is 7.05. The van der Waals surface area contributed by atoms with E-state index in [0.717, 1.165) is 6.42 Å². The molecule has 1 N–H and O–H groups in total. The first-order chi connectivity index (χ1) is 8.19. The lowest BCUT2D eigenvalue weighted by Crippen LogP contribution is -2.17. The summed E-state index contributed by atoms with van der Waals surface area (Å²) in [5, 5.41) is 7.22. The van der Waals surface area contributed by atoms with Crippen molar-refractivity contribution in [1.29, 1.82) is 0 Å². The van der Waals surface area contributed by atoms with Gasteiger partial charge >= 0.3 is 0 Å². The summed E-state index contributed by atoms with van der Waals surface area (Å²) in [6, 6.07) is 6.99. The van der Waals surface area contributed by atoms with Gasteiger partial charge in [-0.2, -0.15) is 0 Å². The Kier molecular flexibility index (Phi) is 3.86. The predicted octanol–water partition coefficient (Wildman–Crippen LogP) is 2.66. The molecule has 0 fully saturated rings. The molecule has 0 spiro atoms. The van der Waals surface area contributed by atoms with E-state index in [1.807, 2.05) is 13.2 Å². The number of hydrogen-bond donors (Lipinski definition) is 1. The van der Waals surface area contributed by atoms with Crippen molar-refractivity contribution in [1.82, 2.24) is 14.9 Å². The summed E-state index contributed by atoms with van der Waals surface area (Å²) in [5.74, 6) is 0. The van der Waals surface area contributed by atoms with Crippen molar-refractivity contribution in [2.75, 3.05) is 7.05 Å². The molecule has 1 atom stereocenters. The maximum atomic E-state index is 3.92. The van der Waals surface area contributed by atoms with Crippen LogP contribution in [0.1, 0.15) is 27.6 Å². The second-order valence-electron chi connectivity index (χ2n) is 4.36. The van der Waals surface area contributed by atoms with Gasteiger partial charge in [0.15, 0.2) is 0 Å². The molecule has 1 aromatic heterocycles. The van der Waals surface area contributed by atoms with Crippen molar-refractivity contribution in [3.63, 3.8) is 0 Å². The van der Waals surface area contributed by atoms with E-state index in [0.29, 0.717) is 6.04 Å². The molecule has 0 bridgehead atoms. The molecule has 1 heterocycles. The van der Waals surface area contributed by atoms with E-state index in [9.17, 15) is 0 Å². The molecule has 0 aliphatic carbocycles. The topological polar surface area (TPSA) is 37.8 Å². The molecule has 2 rings (SSSR count). The monoisotopic (exact) mass is 247 g/mol. The van der Waals surface area contributed by atoms with Crippen LogP contribution < -0.4 is 5.32 Å². The zero-order valence-electron chi connectivity index (χ0n) is 10.4. The lowest BCUT2D eigenvalue weighted by atomic mass is 10.0. The van der Waals surface area contributed by atoms with Gasteiger partial charge in [0.05, 0.1) is 11.1 Å². The molecule has 0 amide bonds. The van der Waals surface area contributed by atoms with Crippen molar-refractivity contribution in [2.45, 2.75) is 26.3 Å². The summed E-state index contributed by atoms with van der Waals surface area (Å²) >= 11 is 1.46. The smallest absolute Gasteiger partial charge is 0.0669 e. The third-order valence-electron chi connectivity index (χ3n) is 2.79. The first-order valence-corrected chi connectivity index (χ1v) is 6.48. The van der Waals surface area contributed by atoms with Crippen LogP contribution in [0.4, 0.5) is 0 Å². The normalized spacial score (nSPS) is 12.6. The average Bonchev–Trinajstić information content (AvgIpc) is 2.77. The largest absolute Gasteiger partial charge is 0.312 e. The van der Waals surface area contributed by atoms with Crippen molar-refractivity contribution in [2.24, 2.45) is 0 Å². The van der Waals surface area contributed by atoms with Crippen molar-refractivity contribution in [3.8, 4) is 0 Å². The average molecular weight is 247 g/mol. The third-order valence-corrected chi connectivity index (χ3v) is 3.57. The molecule has 0 aliphatic rings. The Hall–Kier alpha value is -1.26. The first kappa shape index (κ1) is 12.2. The van der Waals surface area contributed by atoms with Crippen LogP contribution in [0.3, 0.4) is 0 Å². The van der Waals surface area contributed by atoms with E-state index in [2.05, 4.69) is 47.0 Å². The van der Waals surface area contributed by atoms with Crippen LogP contribution in [0.25, 0.3) is 0 Å². The van der Waals surface area contributed by atoms with Crippen molar-refractivity contribution < 1.29 is 0 Å². The van der Waals surface area contributed by atoms with E-state index < -0.39 is 0 Å². The molecule has 0 aliphatic heterocycles. The first-order valence-electron chi connectivity index (χ1n) is 5.70. The molecule has 0 saturated heterocycles. The summed E-state index contributed by atoms with van der Waals surface area (Å²) in [4.78, 5) is 1.19. The number of aromatic nitrogens is 2. The molecule has 90 valence electrons. The van der Waals surface area contributed by atoms with Gasteiger partial charge in [0.1, 0.15) is 0 Å². The molecule has 2 aromatic rings. The fourth-order valence-corrected chi connectivity index (χ4v) is 2.71. The molecule has 1 aromatic carbocycles. The highest BCUT2D eigenvalue weighted by Gasteiger charge is 2.12. The van der Waals surface area contributed by atoms with E-state index >= 15 is 0 Å². The van der Waals surface area contributed by atoms with Crippen molar-refractivity contribution in [3.05, 3.63) is 46.0 Å². The lowest BCUT2D eigenvalue weighted by Gasteiger charge is -2.14. The minimum Gasteiger partial charge on any atom is -0.312 e. The minimum absolute atomic E-state index is 0.302. The SMILES string of the molecule is CNC(Cc1cc(C)cc(C)c1)c1cnns1. The molecular formula is C13H17N3S. The Morgan fingerprint density at radius 1 is 1.24 bits per heavy atom. The van der Waals surface area contributed by atoms with Gasteiger partial charge in [-0.1, -0.05) is 33.8 Å². The van der Waals surface area contributed by atoms with Gasteiger partial charge in [-0.3, -0.25) is 0 Å². The Balaban J connectivity index is 2.18. The maximum absolute atomic E-state index is 3.92. The number of nitrogens with zero attached hydrogens (tertiary/aromatic N) is 2. The Labute approximate surface area is 106 Å². The van der Waals surface area contributed by atoms with E-state index in [-0.39, 0.29) is 0 Å². The van der Waals surface area contributed by atoms with Gasteiger partial charge in [0.25, 0.3) is 0 Å². The van der Waals surface area contributed by atoms with Gasteiger partial charge in [-0.15, -0.1) is 5.10 Å². The van der Waals surface area contributed by atoms with Gasteiger partial charge in [0, 0.05) is 6.04 Å². The zero-order valence-corrected chi connectivity index (χ0v) is 11.2. The maximum Gasteiger partial charge on any atom is 0.0669 e. The Bertz CT molecular complexity index is 459. The van der Waals surface area contributed by atoms with E-state index in [1.165, 1.54) is 33.1 Å². The molecule has 1 unspecified atom stereocenters. The number of hydrogen-bond acceptors (Lipinski definition) is 4. The summed E-state index contributed by atoms with van der Waals surface area (Å²) in [6.07, 6.45) is 2.82. The van der Waals surface area contributed by atoms with Gasteiger partial charge in [-0.05, 0) is 44.4 Å². The van der Waals surface area contributed by atoms with Gasteiger partial charge in [0.2, 0.25) is 0 Å². The highest BCUT2D eigenvalue weighted by Crippen LogP contribution is 2.21. The number of rotatable bonds is 4. The summed E-state index contributed by atoms with van der Waals surface area (Å²) < 4.78 is 3.92. The van der Waals surface area contributed by atoms with Crippen LogP contribution in [-0.2, 0) is 6.42 Å². The van der Waals surface area contributed by atoms with Crippen molar-refractivity contribution >= 4 is 11.5 Å². The molecule has 0 radical (unpaired) electrons. The Morgan fingerprint density at radius 2 is 1.94 bits per heavy atom. The molecule has 3 nitrogen and oxygen atoms in total. The molecule has 4 heteroatoms. The van der Waals surface area contributed by atoms with Crippen LogP contribution in [-0.4, -0.2) is 16.6 Å². The minimum atomic E-state index is 0.302. The number of aryl methyl sites for hydroxylation is 2. The standard InChI is InChI=1S/C13H17N3S/c1-9-4-10(2)6-11(5-9)7-12(14-3)13-8-15-16-17-13/h4-6,8,12,14H,7H2,1-3H3. The molecular weight excluding hydrogens is 230 g/mol. The highest BCUT2D eigenvalue weighted by atomic mass is 32.1. The lowest BCUT2D eigenvalue weighted by molar-refractivity contribution is 0.600. The second kappa shape index (κ2) is 5.38. The number of likely N-dealkylation sites (N-methyl/N-ethyl adjacent to an activating group) is 1. The van der Waals surface area contributed by atoms with E-state index in [1.54, 1.807) is 0 Å². The zero-order chi connectivity index (χ0) is 12.3. The van der Waals surface area contributed by atoms with Crippen LogP contribution in [0.5, 0.6) is 0 Å². The van der Waals surface area contributed by atoms with Crippen LogP contribution >= 0.6 is 11.5 Å². The van der Waals surface area contributed by atoms with Crippen LogP contribution in [0, 0.1) is 13.8 Å². The van der Waals surface area contributed by atoms with E-state index in [4.69, 9.17) is 0 Å². The summed E-state index contributed by atoms with van der Waals surface area (Å²) in [7, 11) is 1.98. The summed E-state index contributed by atoms with van der Waals surface area (Å²) in [6.45, 7) is 4.28. The molecule has 0 saturated carbocycles. The van der Waals surface area contributed by atoms with Gasteiger partial charge in [-0.25, -0.2) is 0 Å². The second-order valence-corrected chi connectivity index (χ2v) is 5.18. The number of nitrogens with one attached hydrogen (secondary N) is 1. The fourth-order valence-electron chi connectivity index (χ4n) is 2.10. The summed E-state index contributed by atoms with van der Waals surface area (Å²) in [5.41, 5.74) is 3.99. The number of benzene rings is 1. The fraction of sp³-hybridized carbons (Fsp3) is 0.385. The quantitative estimate of drug-likeness (QED) is 0.902. The van der Waals surface area contributed by atoms with Gasteiger partial charge < -0.3 is 5.32 Å². The Morgan fingerprint density at radius 3 is 2.47 bits per heavy atom. The van der Waals surface area contributed by atoms with Crippen LogP contribution in [0.2, 0.25) is 0 Å². The third kappa shape index (κ3) is 3.11.